The average Bonchev–Trinajstić information content (AvgIpc) is 2.65. The summed E-state index contributed by atoms with van der Waals surface area (Å²) in [4.78, 5) is 12.8. The molecule has 1 saturated heterocycles. The molecule has 1 aliphatic rings. The average molecular weight is 281 g/mol. The third-order valence-corrected chi connectivity index (χ3v) is 3.97. The van der Waals surface area contributed by atoms with Gasteiger partial charge in [0.2, 0.25) is 0 Å². The van der Waals surface area contributed by atoms with E-state index in [0.717, 1.165) is 5.56 Å². The van der Waals surface area contributed by atoms with Crippen LogP contribution in [0.2, 0.25) is 0 Å². The number of nitrogens with zero attached hydrogens (tertiary/aromatic N) is 1. The highest BCUT2D eigenvalue weighted by Gasteiger charge is 2.44. The molecule has 1 N–H and O–H groups in total. The SMILES string of the molecule is CC1(C)OC[C@H](C[C@@H](S)c2ccccc2)N1C(=O)O. The molecule has 2 atom stereocenters. The van der Waals surface area contributed by atoms with Crippen molar-refractivity contribution in [2.24, 2.45) is 0 Å². The third kappa shape index (κ3) is 3.04. The summed E-state index contributed by atoms with van der Waals surface area (Å²) in [5, 5.41) is 9.33. The lowest BCUT2D eigenvalue weighted by atomic mass is 10.0. The Kier molecular flexibility index (Phi) is 4.06. The lowest BCUT2D eigenvalue weighted by Crippen LogP contribution is -2.47. The Morgan fingerprint density at radius 3 is 2.74 bits per heavy atom. The number of rotatable bonds is 3. The molecule has 0 aromatic heterocycles. The van der Waals surface area contributed by atoms with Gasteiger partial charge in [0, 0.05) is 5.25 Å². The van der Waals surface area contributed by atoms with Crippen molar-refractivity contribution in [1.82, 2.24) is 4.90 Å². The van der Waals surface area contributed by atoms with Crippen LogP contribution in [0.3, 0.4) is 0 Å². The van der Waals surface area contributed by atoms with Crippen LogP contribution in [0.4, 0.5) is 4.79 Å². The quantitative estimate of drug-likeness (QED) is 0.837. The van der Waals surface area contributed by atoms with Crippen LogP contribution in [0.15, 0.2) is 30.3 Å². The first-order chi connectivity index (χ1) is 8.92. The molecule has 1 aliphatic heterocycles. The second-order valence-corrected chi connectivity index (χ2v) is 5.85. The molecule has 5 heteroatoms. The highest BCUT2D eigenvalue weighted by molar-refractivity contribution is 7.80. The summed E-state index contributed by atoms with van der Waals surface area (Å²) in [5.41, 5.74) is 0.335. The monoisotopic (exact) mass is 281 g/mol. The van der Waals surface area contributed by atoms with Crippen LogP contribution in [0.25, 0.3) is 0 Å². The van der Waals surface area contributed by atoms with Crippen LogP contribution >= 0.6 is 12.6 Å². The number of carboxylic acid groups (broad SMARTS) is 1. The molecule has 0 spiro atoms. The van der Waals surface area contributed by atoms with Gasteiger partial charge in [0.05, 0.1) is 12.6 Å². The van der Waals surface area contributed by atoms with Crippen LogP contribution in [0, 0.1) is 0 Å². The van der Waals surface area contributed by atoms with Crippen LogP contribution < -0.4 is 0 Å². The van der Waals surface area contributed by atoms with E-state index in [1.54, 1.807) is 13.8 Å². The van der Waals surface area contributed by atoms with Crippen molar-refractivity contribution in [1.29, 1.82) is 0 Å². The molecular formula is C14H19NO3S. The van der Waals surface area contributed by atoms with Gasteiger partial charge in [-0.05, 0) is 25.8 Å². The molecule has 1 fully saturated rings. The van der Waals surface area contributed by atoms with E-state index in [0.29, 0.717) is 13.0 Å². The molecule has 0 bridgehead atoms. The molecule has 1 aromatic rings. The minimum Gasteiger partial charge on any atom is -0.465 e. The molecule has 1 amide bonds. The van der Waals surface area contributed by atoms with Gasteiger partial charge in [-0.15, -0.1) is 0 Å². The Bertz CT molecular complexity index is 449. The lowest BCUT2D eigenvalue weighted by Gasteiger charge is -2.31. The number of ether oxygens (including phenoxy) is 1. The number of hydrogen-bond acceptors (Lipinski definition) is 3. The molecule has 2 rings (SSSR count). The van der Waals surface area contributed by atoms with Gasteiger partial charge in [0.15, 0.2) is 0 Å². The van der Waals surface area contributed by atoms with Gasteiger partial charge in [-0.25, -0.2) is 4.79 Å². The molecule has 4 nitrogen and oxygen atoms in total. The molecular weight excluding hydrogens is 262 g/mol. The zero-order valence-electron chi connectivity index (χ0n) is 11.1. The fourth-order valence-corrected chi connectivity index (χ4v) is 2.93. The minimum absolute atomic E-state index is 0.00514. The van der Waals surface area contributed by atoms with Crippen molar-refractivity contribution < 1.29 is 14.6 Å². The Hall–Kier alpha value is -1.20. The number of amides is 1. The van der Waals surface area contributed by atoms with E-state index in [1.807, 2.05) is 30.3 Å². The minimum atomic E-state index is -0.943. The molecule has 0 radical (unpaired) electrons. The largest absolute Gasteiger partial charge is 0.465 e. The predicted molar refractivity (Wildman–Crippen MR) is 76.5 cm³/mol. The van der Waals surface area contributed by atoms with Gasteiger partial charge in [-0.3, -0.25) is 4.90 Å². The zero-order chi connectivity index (χ0) is 14.0. The van der Waals surface area contributed by atoms with Crippen molar-refractivity contribution in [2.75, 3.05) is 6.61 Å². The molecule has 0 unspecified atom stereocenters. The van der Waals surface area contributed by atoms with Gasteiger partial charge in [-0.2, -0.15) is 12.6 Å². The second-order valence-electron chi connectivity index (χ2n) is 5.23. The summed E-state index contributed by atoms with van der Waals surface area (Å²) in [5.74, 6) is 0. The highest BCUT2D eigenvalue weighted by atomic mass is 32.1. The smallest absolute Gasteiger partial charge is 0.409 e. The Morgan fingerprint density at radius 2 is 2.16 bits per heavy atom. The molecule has 0 saturated carbocycles. The van der Waals surface area contributed by atoms with Crippen LogP contribution in [-0.4, -0.2) is 34.5 Å². The molecule has 19 heavy (non-hydrogen) atoms. The van der Waals surface area contributed by atoms with Crippen molar-refractivity contribution in [3.05, 3.63) is 35.9 Å². The normalized spacial score (nSPS) is 23.3. The van der Waals surface area contributed by atoms with Crippen molar-refractivity contribution in [3.63, 3.8) is 0 Å². The van der Waals surface area contributed by atoms with Crippen LogP contribution in [0.5, 0.6) is 0 Å². The Balaban J connectivity index is 2.09. The van der Waals surface area contributed by atoms with Gasteiger partial charge in [0.25, 0.3) is 0 Å². The maximum absolute atomic E-state index is 11.4. The summed E-state index contributed by atoms with van der Waals surface area (Å²) >= 11 is 4.59. The summed E-state index contributed by atoms with van der Waals surface area (Å²) in [6.45, 7) is 3.97. The standard InChI is InChI=1S/C14H19NO3S/c1-14(2)15(13(16)17)11(9-18-14)8-12(19)10-6-4-3-5-7-10/h3-7,11-12,19H,8-9H2,1-2H3,(H,16,17)/t11-,12+/m0/s1. The van der Waals surface area contributed by atoms with E-state index in [9.17, 15) is 9.90 Å². The number of hydrogen-bond donors (Lipinski definition) is 2. The fraction of sp³-hybridized carbons (Fsp3) is 0.500. The number of benzene rings is 1. The van der Waals surface area contributed by atoms with Crippen molar-refractivity contribution in [3.8, 4) is 0 Å². The topological polar surface area (TPSA) is 49.8 Å². The summed E-state index contributed by atoms with van der Waals surface area (Å²) < 4.78 is 5.57. The number of carbonyl (C=O) groups is 1. The summed E-state index contributed by atoms with van der Waals surface area (Å²) in [6.07, 6.45) is -0.302. The van der Waals surface area contributed by atoms with E-state index in [1.165, 1.54) is 4.90 Å². The Morgan fingerprint density at radius 1 is 1.53 bits per heavy atom. The number of thiol groups is 1. The van der Waals surface area contributed by atoms with Crippen molar-refractivity contribution >= 4 is 18.7 Å². The van der Waals surface area contributed by atoms with E-state index >= 15 is 0 Å². The Labute approximate surface area is 118 Å². The highest BCUT2D eigenvalue weighted by Crippen LogP contribution is 2.34. The molecule has 0 aliphatic carbocycles. The maximum atomic E-state index is 11.4. The van der Waals surface area contributed by atoms with E-state index in [4.69, 9.17) is 4.74 Å². The lowest BCUT2D eigenvalue weighted by molar-refractivity contribution is -0.0421. The predicted octanol–water partition coefficient (Wildman–Crippen LogP) is 3.16. The molecule has 104 valence electrons. The first-order valence-electron chi connectivity index (χ1n) is 6.31. The molecule has 1 aromatic carbocycles. The first kappa shape index (κ1) is 14.2. The maximum Gasteiger partial charge on any atom is 0.409 e. The van der Waals surface area contributed by atoms with Gasteiger partial charge < -0.3 is 9.84 Å². The second kappa shape index (κ2) is 5.43. The van der Waals surface area contributed by atoms with Gasteiger partial charge in [0.1, 0.15) is 5.72 Å². The van der Waals surface area contributed by atoms with Gasteiger partial charge in [-0.1, -0.05) is 30.3 Å². The van der Waals surface area contributed by atoms with Crippen LogP contribution in [0.1, 0.15) is 31.1 Å². The van der Waals surface area contributed by atoms with E-state index in [2.05, 4.69) is 12.6 Å². The van der Waals surface area contributed by atoms with E-state index in [-0.39, 0.29) is 11.3 Å². The van der Waals surface area contributed by atoms with E-state index < -0.39 is 11.8 Å². The van der Waals surface area contributed by atoms with Gasteiger partial charge >= 0.3 is 6.09 Å². The third-order valence-electron chi connectivity index (χ3n) is 3.46. The zero-order valence-corrected chi connectivity index (χ0v) is 12.0. The summed E-state index contributed by atoms with van der Waals surface area (Å²) in [6, 6.07) is 9.73. The summed E-state index contributed by atoms with van der Waals surface area (Å²) in [7, 11) is 0. The molecule has 1 heterocycles. The van der Waals surface area contributed by atoms with Crippen LogP contribution in [-0.2, 0) is 4.74 Å². The van der Waals surface area contributed by atoms with Crippen molar-refractivity contribution in [2.45, 2.75) is 37.3 Å². The first-order valence-corrected chi connectivity index (χ1v) is 6.82. The fourth-order valence-electron chi connectivity index (χ4n) is 2.51.